The maximum absolute atomic E-state index is 9.90. The van der Waals surface area contributed by atoms with Gasteiger partial charge in [0.25, 0.3) is 0 Å². The van der Waals surface area contributed by atoms with Crippen LogP contribution in [-0.2, 0) is 16.0 Å². The fourth-order valence-electron chi connectivity index (χ4n) is 1.95. The molecule has 0 saturated carbocycles. The maximum Gasteiger partial charge on any atom is 0.191 e. The third-order valence-electron chi connectivity index (χ3n) is 3.23. The second kappa shape index (κ2) is 12.4. The van der Waals surface area contributed by atoms with Crippen LogP contribution in [0.4, 0.5) is 0 Å². The lowest BCUT2D eigenvalue weighted by atomic mass is 10.2. The molecule has 0 saturated heterocycles. The second-order valence-corrected chi connectivity index (χ2v) is 5.08. The molecule has 1 rings (SSSR count). The Labute approximate surface area is 144 Å². The number of aliphatic imine (C=N–C) groups is 1. The number of aromatic hydroxyl groups is 1. The lowest BCUT2D eigenvalue weighted by Crippen LogP contribution is -2.38. The molecule has 1 aromatic carbocycles. The summed E-state index contributed by atoms with van der Waals surface area (Å²) in [6.45, 7) is 5.79. The van der Waals surface area contributed by atoms with Crippen molar-refractivity contribution in [1.82, 2.24) is 10.6 Å². The standard InChI is InChI=1S/C17H29N3O4/c1-4-18-17(19-8-5-9-24-11-10-22-2)20-13-14-12-15(23-3)6-7-16(14)21/h6-7,12,21H,4-5,8-11,13H2,1-3H3,(H2,18,19,20). The van der Waals surface area contributed by atoms with Crippen LogP contribution in [-0.4, -0.2) is 58.2 Å². The SMILES string of the molecule is CCNC(=NCc1cc(OC)ccc1O)NCCCOCCOC. The molecule has 7 heteroatoms. The third-order valence-corrected chi connectivity index (χ3v) is 3.23. The first kappa shape index (κ1) is 20.1. The van der Waals surface area contributed by atoms with Gasteiger partial charge in [0, 0.05) is 32.4 Å². The van der Waals surface area contributed by atoms with Crippen LogP contribution in [0.3, 0.4) is 0 Å². The van der Waals surface area contributed by atoms with Crippen molar-refractivity contribution in [3.63, 3.8) is 0 Å². The molecule has 0 aliphatic rings. The molecule has 0 fully saturated rings. The highest BCUT2D eigenvalue weighted by molar-refractivity contribution is 5.79. The summed E-state index contributed by atoms with van der Waals surface area (Å²) in [6, 6.07) is 5.11. The van der Waals surface area contributed by atoms with Crippen molar-refractivity contribution in [3.05, 3.63) is 23.8 Å². The van der Waals surface area contributed by atoms with E-state index in [1.54, 1.807) is 32.4 Å². The summed E-state index contributed by atoms with van der Waals surface area (Å²) in [5.74, 6) is 1.61. The second-order valence-electron chi connectivity index (χ2n) is 5.08. The van der Waals surface area contributed by atoms with Crippen LogP contribution >= 0.6 is 0 Å². The Bertz CT molecular complexity index is 495. The van der Waals surface area contributed by atoms with Crippen molar-refractivity contribution < 1.29 is 19.3 Å². The number of rotatable bonds is 11. The number of phenolic OH excluding ortho intramolecular Hbond substituents is 1. The number of nitrogens with one attached hydrogen (secondary N) is 2. The van der Waals surface area contributed by atoms with Gasteiger partial charge in [0.15, 0.2) is 5.96 Å². The van der Waals surface area contributed by atoms with E-state index in [1.165, 1.54) is 0 Å². The molecule has 24 heavy (non-hydrogen) atoms. The van der Waals surface area contributed by atoms with Gasteiger partial charge in [-0.2, -0.15) is 0 Å². The van der Waals surface area contributed by atoms with E-state index in [4.69, 9.17) is 14.2 Å². The molecule has 0 heterocycles. The van der Waals surface area contributed by atoms with Crippen molar-refractivity contribution >= 4 is 5.96 Å². The molecule has 3 N–H and O–H groups in total. The van der Waals surface area contributed by atoms with Crippen LogP contribution in [0.15, 0.2) is 23.2 Å². The maximum atomic E-state index is 9.90. The Morgan fingerprint density at radius 2 is 2.00 bits per heavy atom. The molecule has 0 spiro atoms. The largest absolute Gasteiger partial charge is 0.508 e. The van der Waals surface area contributed by atoms with E-state index in [2.05, 4.69) is 15.6 Å². The monoisotopic (exact) mass is 339 g/mol. The summed E-state index contributed by atoms with van der Waals surface area (Å²) >= 11 is 0. The Kier molecular flexibility index (Phi) is 10.4. The summed E-state index contributed by atoms with van der Waals surface area (Å²) in [5, 5.41) is 16.3. The van der Waals surface area contributed by atoms with E-state index >= 15 is 0 Å². The smallest absolute Gasteiger partial charge is 0.191 e. The molecular formula is C17H29N3O4. The van der Waals surface area contributed by atoms with Crippen LogP contribution in [0.25, 0.3) is 0 Å². The van der Waals surface area contributed by atoms with Gasteiger partial charge in [-0.3, -0.25) is 0 Å². The first-order valence-corrected chi connectivity index (χ1v) is 8.16. The van der Waals surface area contributed by atoms with E-state index in [9.17, 15) is 5.11 Å². The lowest BCUT2D eigenvalue weighted by Gasteiger charge is -2.12. The predicted molar refractivity (Wildman–Crippen MR) is 94.8 cm³/mol. The normalized spacial score (nSPS) is 11.4. The minimum absolute atomic E-state index is 0.210. The number of ether oxygens (including phenoxy) is 3. The van der Waals surface area contributed by atoms with Crippen molar-refractivity contribution in [2.45, 2.75) is 19.9 Å². The van der Waals surface area contributed by atoms with Crippen LogP contribution in [0, 0.1) is 0 Å². The number of nitrogens with zero attached hydrogens (tertiary/aromatic N) is 1. The van der Waals surface area contributed by atoms with Crippen molar-refractivity contribution in [3.8, 4) is 11.5 Å². The fourth-order valence-corrected chi connectivity index (χ4v) is 1.95. The third kappa shape index (κ3) is 8.03. The highest BCUT2D eigenvalue weighted by Gasteiger charge is 2.04. The number of methoxy groups -OCH3 is 2. The molecule has 7 nitrogen and oxygen atoms in total. The zero-order valence-corrected chi connectivity index (χ0v) is 14.8. The van der Waals surface area contributed by atoms with Gasteiger partial charge in [0.05, 0.1) is 26.9 Å². The van der Waals surface area contributed by atoms with Crippen LogP contribution in [0.5, 0.6) is 11.5 Å². The molecular weight excluding hydrogens is 310 g/mol. The van der Waals surface area contributed by atoms with Gasteiger partial charge in [0.2, 0.25) is 0 Å². The minimum Gasteiger partial charge on any atom is -0.508 e. The Morgan fingerprint density at radius 3 is 2.71 bits per heavy atom. The van der Waals surface area contributed by atoms with E-state index < -0.39 is 0 Å². The topological polar surface area (TPSA) is 84.3 Å². The summed E-state index contributed by atoms with van der Waals surface area (Å²) in [5.41, 5.74) is 0.717. The van der Waals surface area contributed by atoms with Gasteiger partial charge in [0.1, 0.15) is 11.5 Å². The minimum atomic E-state index is 0.210. The molecule has 0 aliphatic carbocycles. The summed E-state index contributed by atoms with van der Waals surface area (Å²) in [4.78, 5) is 4.49. The van der Waals surface area contributed by atoms with Gasteiger partial charge in [-0.15, -0.1) is 0 Å². The van der Waals surface area contributed by atoms with Gasteiger partial charge < -0.3 is 30.0 Å². The molecule has 0 bridgehead atoms. The van der Waals surface area contributed by atoms with Crippen LogP contribution in [0.2, 0.25) is 0 Å². The average Bonchev–Trinajstić information content (AvgIpc) is 2.60. The number of benzene rings is 1. The zero-order valence-electron chi connectivity index (χ0n) is 14.8. The average molecular weight is 339 g/mol. The highest BCUT2D eigenvalue weighted by atomic mass is 16.5. The number of hydrogen-bond donors (Lipinski definition) is 3. The first-order chi connectivity index (χ1) is 11.7. The van der Waals surface area contributed by atoms with Crippen molar-refractivity contribution in [1.29, 1.82) is 0 Å². The van der Waals surface area contributed by atoms with E-state index in [0.29, 0.717) is 38.1 Å². The van der Waals surface area contributed by atoms with Crippen LogP contribution in [0.1, 0.15) is 18.9 Å². The van der Waals surface area contributed by atoms with Crippen molar-refractivity contribution in [2.24, 2.45) is 4.99 Å². The number of phenols is 1. The first-order valence-electron chi connectivity index (χ1n) is 8.16. The molecule has 0 radical (unpaired) electrons. The van der Waals surface area contributed by atoms with Gasteiger partial charge in [-0.25, -0.2) is 4.99 Å². The van der Waals surface area contributed by atoms with Gasteiger partial charge in [-0.05, 0) is 31.5 Å². The van der Waals surface area contributed by atoms with Crippen molar-refractivity contribution in [2.75, 3.05) is 47.1 Å². The number of hydrogen-bond acceptors (Lipinski definition) is 5. The number of guanidine groups is 1. The zero-order chi connectivity index (χ0) is 17.6. The molecule has 136 valence electrons. The highest BCUT2D eigenvalue weighted by Crippen LogP contribution is 2.23. The Balaban J connectivity index is 2.44. The van der Waals surface area contributed by atoms with E-state index in [-0.39, 0.29) is 5.75 Å². The van der Waals surface area contributed by atoms with Gasteiger partial charge >= 0.3 is 0 Å². The lowest BCUT2D eigenvalue weighted by molar-refractivity contribution is 0.0698. The molecule has 0 amide bonds. The van der Waals surface area contributed by atoms with E-state index in [1.807, 2.05) is 6.92 Å². The van der Waals surface area contributed by atoms with E-state index in [0.717, 1.165) is 25.1 Å². The predicted octanol–water partition coefficient (Wildman–Crippen LogP) is 1.51. The molecule has 0 unspecified atom stereocenters. The summed E-state index contributed by atoms with van der Waals surface area (Å²) < 4.78 is 15.5. The molecule has 0 aliphatic heterocycles. The summed E-state index contributed by atoms with van der Waals surface area (Å²) in [6.07, 6.45) is 0.874. The Hall–Kier alpha value is -1.99. The van der Waals surface area contributed by atoms with Gasteiger partial charge in [-0.1, -0.05) is 0 Å². The molecule has 0 aromatic heterocycles. The Morgan fingerprint density at radius 1 is 1.17 bits per heavy atom. The molecule has 1 aromatic rings. The fraction of sp³-hybridized carbons (Fsp3) is 0.588. The van der Waals surface area contributed by atoms with Crippen LogP contribution < -0.4 is 15.4 Å². The molecule has 0 atom stereocenters. The quantitative estimate of drug-likeness (QED) is 0.322. The summed E-state index contributed by atoms with van der Waals surface area (Å²) in [7, 11) is 3.25.